The molecule has 2 heterocycles. The fourth-order valence-electron chi connectivity index (χ4n) is 1.92. The molecule has 0 saturated heterocycles. The molecule has 0 fully saturated rings. The highest BCUT2D eigenvalue weighted by atomic mass is 35.5. The van der Waals surface area contributed by atoms with Gasteiger partial charge in [0.1, 0.15) is 17.6 Å². The molecule has 2 aromatic rings. The van der Waals surface area contributed by atoms with Crippen LogP contribution in [0.2, 0.25) is 5.02 Å². The van der Waals surface area contributed by atoms with Gasteiger partial charge in [0.2, 0.25) is 0 Å². The van der Waals surface area contributed by atoms with Crippen molar-refractivity contribution < 1.29 is 9.15 Å². The molecular formula is C12H17ClN4O2. The number of hydrogen-bond donors (Lipinski definition) is 2. The van der Waals surface area contributed by atoms with Gasteiger partial charge in [-0.05, 0) is 19.1 Å². The Kier molecular flexibility index (Phi) is 4.60. The van der Waals surface area contributed by atoms with Crippen molar-refractivity contribution in [3.8, 4) is 0 Å². The van der Waals surface area contributed by atoms with Gasteiger partial charge in [0.25, 0.3) is 0 Å². The quantitative estimate of drug-likeness (QED) is 0.623. The minimum absolute atomic E-state index is 0.347. The summed E-state index contributed by atoms with van der Waals surface area (Å²) in [7, 11) is 1.64. The number of nitrogens with zero attached hydrogens (tertiary/aromatic N) is 2. The molecule has 0 bridgehead atoms. The first-order valence-corrected chi connectivity index (χ1v) is 6.27. The van der Waals surface area contributed by atoms with Crippen LogP contribution >= 0.6 is 11.6 Å². The first-order chi connectivity index (χ1) is 9.17. The van der Waals surface area contributed by atoms with E-state index in [4.69, 9.17) is 26.6 Å². The molecular weight excluding hydrogens is 268 g/mol. The Morgan fingerprint density at radius 1 is 1.58 bits per heavy atom. The molecule has 0 aliphatic rings. The van der Waals surface area contributed by atoms with Gasteiger partial charge < -0.3 is 9.15 Å². The number of aromatic nitrogens is 2. The molecule has 0 saturated carbocycles. The fraction of sp³-hybridized carbons (Fsp3) is 0.417. The summed E-state index contributed by atoms with van der Waals surface area (Å²) >= 11 is 6.19. The van der Waals surface area contributed by atoms with E-state index in [1.54, 1.807) is 18.0 Å². The second-order valence-corrected chi connectivity index (χ2v) is 4.55. The molecule has 0 spiro atoms. The molecule has 0 aliphatic carbocycles. The predicted molar refractivity (Wildman–Crippen MR) is 71.7 cm³/mol. The van der Waals surface area contributed by atoms with Crippen molar-refractivity contribution in [2.45, 2.75) is 19.5 Å². The van der Waals surface area contributed by atoms with Crippen LogP contribution in [0.15, 0.2) is 22.7 Å². The van der Waals surface area contributed by atoms with Crippen LogP contribution in [0.1, 0.15) is 23.3 Å². The first kappa shape index (κ1) is 14.1. The van der Waals surface area contributed by atoms with Crippen LogP contribution < -0.4 is 11.3 Å². The Labute approximate surface area is 116 Å². The van der Waals surface area contributed by atoms with Gasteiger partial charge in [0.15, 0.2) is 0 Å². The molecule has 0 radical (unpaired) electrons. The molecule has 2 aromatic heterocycles. The van der Waals surface area contributed by atoms with E-state index in [0.717, 1.165) is 11.5 Å². The molecule has 19 heavy (non-hydrogen) atoms. The highest BCUT2D eigenvalue weighted by Gasteiger charge is 2.23. The second kappa shape index (κ2) is 6.21. The lowest BCUT2D eigenvalue weighted by Gasteiger charge is -2.16. The van der Waals surface area contributed by atoms with Gasteiger partial charge in [-0.15, -0.1) is 0 Å². The third-order valence-electron chi connectivity index (χ3n) is 2.83. The van der Waals surface area contributed by atoms with Crippen LogP contribution in [0.4, 0.5) is 0 Å². The summed E-state index contributed by atoms with van der Waals surface area (Å²) in [6.07, 6.45) is 1.59. The van der Waals surface area contributed by atoms with Crippen LogP contribution in [0.3, 0.4) is 0 Å². The molecule has 1 unspecified atom stereocenters. The average molecular weight is 285 g/mol. The van der Waals surface area contributed by atoms with Crippen molar-refractivity contribution >= 4 is 11.6 Å². The van der Waals surface area contributed by atoms with Crippen molar-refractivity contribution in [3.63, 3.8) is 0 Å². The standard InChI is InChI=1S/C12H17ClN4O2/c1-8-3-4-10(19-8)11(16-14)12-9(13)7-15-17(12)5-6-18-2/h3-4,7,11,16H,5-6,14H2,1-2H3. The fourth-order valence-corrected chi connectivity index (χ4v) is 2.17. The predicted octanol–water partition coefficient (Wildman–Crippen LogP) is 1.64. The monoisotopic (exact) mass is 284 g/mol. The smallest absolute Gasteiger partial charge is 0.128 e. The molecule has 7 heteroatoms. The maximum atomic E-state index is 6.19. The number of hydrogen-bond acceptors (Lipinski definition) is 5. The zero-order valence-electron chi connectivity index (χ0n) is 10.9. The molecule has 6 nitrogen and oxygen atoms in total. The van der Waals surface area contributed by atoms with Gasteiger partial charge >= 0.3 is 0 Å². The van der Waals surface area contributed by atoms with Gasteiger partial charge in [0.05, 0.1) is 30.1 Å². The van der Waals surface area contributed by atoms with E-state index in [1.807, 2.05) is 19.1 Å². The van der Waals surface area contributed by atoms with E-state index < -0.39 is 0 Å². The third kappa shape index (κ3) is 2.98. The number of aryl methyl sites for hydroxylation is 1. The summed E-state index contributed by atoms with van der Waals surface area (Å²) in [6.45, 7) is 3.01. The zero-order chi connectivity index (χ0) is 13.8. The lowest BCUT2D eigenvalue weighted by Crippen LogP contribution is -2.31. The average Bonchev–Trinajstić information content (AvgIpc) is 2.97. The highest BCUT2D eigenvalue weighted by molar-refractivity contribution is 6.31. The molecule has 1 atom stereocenters. The van der Waals surface area contributed by atoms with Crippen LogP contribution in [0, 0.1) is 6.92 Å². The van der Waals surface area contributed by atoms with Gasteiger partial charge in [-0.1, -0.05) is 11.6 Å². The molecule has 0 aromatic carbocycles. The lowest BCUT2D eigenvalue weighted by atomic mass is 10.1. The second-order valence-electron chi connectivity index (χ2n) is 4.14. The largest absolute Gasteiger partial charge is 0.464 e. The topological polar surface area (TPSA) is 78.2 Å². The minimum atomic E-state index is -0.347. The normalized spacial score (nSPS) is 12.8. The van der Waals surface area contributed by atoms with Crippen molar-refractivity contribution in [3.05, 3.63) is 40.6 Å². The number of halogens is 1. The Hall–Kier alpha value is -1.34. The number of furan rings is 1. The summed E-state index contributed by atoms with van der Waals surface area (Å²) in [6, 6.07) is 3.40. The number of hydrazine groups is 1. The molecule has 104 valence electrons. The van der Waals surface area contributed by atoms with Crippen molar-refractivity contribution in [2.75, 3.05) is 13.7 Å². The SMILES string of the molecule is COCCn1ncc(Cl)c1C(NN)c1ccc(C)o1. The highest BCUT2D eigenvalue weighted by Crippen LogP contribution is 2.28. The number of rotatable bonds is 6. The summed E-state index contributed by atoms with van der Waals surface area (Å²) in [4.78, 5) is 0. The van der Waals surface area contributed by atoms with Gasteiger partial charge in [-0.2, -0.15) is 5.10 Å². The Balaban J connectivity index is 2.34. The van der Waals surface area contributed by atoms with Gasteiger partial charge in [0, 0.05) is 7.11 Å². The minimum Gasteiger partial charge on any atom is -0.464 e. The van der Waals surface area contributed by atoms with E-state index in [1.165, 1.54) is 0 Å². The Morgan fingerprint density at radius 2 is 2.37 bits per heavy atom. The van der Waals surface area contributed by atoms with E-state index >= 15 is 0 Å². The van der Waals surface area contributed by atoms with E-state index in [9.17, 15) is 0 Å². The van der Waals surface area contributed by atoms with Gasteiger partial charge in [-0.25, -0.2) is 5.43 Å². The van der Waals surface area contributed by atoms with Crippen LogP contribution in [0.5, 0.6) is 0 Å². The summed E-state index contributed by atoms with van der Waals surface area (Å²) < 4.78 is 12.4. The molecule has 2 rings (SSSR count). The van der Waals surface area contributed by atoms with E-state index in [-0.39, 0.29) is 6.04 Å². The van der Waals surface area contributed by atoms with E-state index in [0.29, 0.717) is 23.9 Å². The summed E-state index contributed by atoms with van der Waals surface area (Å²) in [5.41, 5.74) is 3.47. The maximum absolute atomic E-state index is 6.19. The van der Waals surface area contributed by atoms with Crippen molar-refractivity contribution in [1.29, 1.82) is 0 Å². The number of methoxy groups -OCH3 is 1. The molecule has 0 aliphatic heterocycles. The maximum Gasteiger partial charge on any atom is 0.128 e. The Morgan fingerprint density at radius 3 is 2.95 bits per heavy atom. The Bertz CT molecular complexity index is 538. The molecule has 3 N–H and O–H groups in total. The van der Waals surface area contributed by atoms with Crippen molar-refractivity contribution in [1.82, 2.24) is 15.2 Å². The zero-order valence-corrected chi connectivity index (χ0v) is 11.6. The first-order valence-electron chi connectivity index (χ1n) is 5.90. The summed E-state index contributed by atoms with van der Waals surface area (Å²) in [5.74, 6) is 7.14. The van der Waals surface area contributed by atoms with Crippen LogP contribution in [0.25, 0.3) is 0 Å². The lowest BCUT2D eigenvalue weighted by molar-refractivity contribution is 0.181. The molecule has 0 amide bonds. The summed E-state index contributed by atoms with van der Waals surface area (Å²) in [5, 5.41) is 4.76. The number of nitrogens with one attached hydrogen (secondary N) is 1. The number of ether oxygens (including phenoxy) is 1. The van der Waals surface area contributed by atoms with Crippen molar-refractivity contribution in [2.24, 2.45) is 5.84 Å². The van der Waals surface area contributed by atoms with Crippen LogP contribution in [-0.2, 0) is 11.3 Å². The third-order valence-corrected chi connectivity index (χ3v) is 3.12. The van der Waals surface area contributed by atoms with E-state index in [2.05, 4.69) is 10.5 Å². The van der Waals surface area contributed by atoms with Crippen LogP contribution in [-0.4, -0.2) is 23.5 Å². The van der Waals surface area contributed by atoms with Gasteiger partial charge in [-0.3, -0.25) is 10.5 Å². The number of nitrogens with two attached hydrogens (primary N) is 1.